The molecule has 34 heavy (non-hydrogen) atoms. The largest absolute Gasteiger partial charge is 0.496 e. The third-order valence-corrected chi connectivity index (χ3v) is 7.01. The number of nitriles is 1. The molecular weight excluding hydrogens is 437 g/mol. The van der Waals surface area contributed by atoms with Crippen molar-refractivity contribution < 1.29 is 23.5 Å². The zero-order chi connectivity index (χ0) is 24.2. The molecule has 1 aromatic carbocycles. The number of H-pyrrole nitrogens is 1. The molecule has 0 bridgehead atoms. The van der Waals surface area contributed by atoms with E-state index in [-0.39, 0.29) is 41.0 Å². The highest BCUT2D eigenvalue weighted by molar-refractivity contribution is 6.02. The molecule has 180 valence electrons. The normalized spacial score (nSPS) is 19.9. The molecule has 0 saturated heterocycles. The van der Waals surface area contributed by atoms with Crippen molar-refractivity contribution in [3.63, 3.8) is 0 Å². The summed E-state index contributed by atoms with van der Waals surface area (Å²) < 4.78 is 19.5. The van der Waals surface area contributed by atoms with Crippen LogP contribution >= 0.6 is 0 Å². The van der Waals surface area contributed by atoms with Crippen molar-refractivity contribution in [2.75, 3.05) is 7.11 Å². The molecule has 7 nitrogen and oxygen atoms in total. The summed E-state index contributed by atoms with van der Waals surface area (Å²) in [5.74, 6) is -0.903. The number of amides is 1. The van der Waals surface area contributed by atoms with Gasteiger partial charge in [0.1, 0.15) is 23.4 Å². The number of aromatic amines is 1. The van der Waals surface area contributed by atoms with Crippen molar-refractivity contribution in [1.82, 2.24) is 10.3 Å². The average Bonchev–Trinajstić information content (AvgIpc) is 3.53. The van der Waals surface area contributed by atoms with Gasteiger partial charge in [-0.05, 0) is 49.8 Å². The first-order chi connectivity index (χ1) is 16.4. The molecular formula is C26H30FN3O4. The second-order valence-electron chi connectivity index (χ2n) is 9.56. The maximum atomic E-state index is 14.2. The number of rotatable bonds is 10. The Bertz CT molecular complexity index is 1130. The predicted octanol–water partition coefficient (Wildman–Crippen LogP) is 4.46. The van der Waals surface area contributed by atoms with Gasteiger partial charge in [-0.25, -0.2) is 4.39 Å². The number of hydrogen-bond acceptors (Lipinski definition) is 5. The van der Waals surface area contributed by atoms with Crippen LogP contribution in [0.1, 0.15) is 68.3 Å². The minimum Gasteiger partial charge on any atom is -0.496 e. The molecule has 1 heterocycles. The lowest BCUT2D eigenvalue weighted by atomic mass is 9.83. The summed E-state index contributed by atoms with van der Waals surface area (Å²) in [6.07, 6.45) is 5.99. The van der Waals surface area contributed by atoms with E-state index in [9.17, 15) is 24.0 Å². The van der Waals surface area contributed by atoms with Crippen molar-refractivity contribution in [2.45, 2.75) is 63.8 Å². The highest BCUT2D eigenvalue weighted by Crippen LogP contribution is 2.37. The van der Waals surface area contributed by atoms with Crippen molar-refractivity contribution in [3.05, 3.63) is 29.7 Å². The van der Waals surface area contributed by atoms with Crippen LogP contribution in [-0.4, -0.2) is 35.6 Å². The van der Waals surface area contributed by atoms with Gasteiger partial charge in [0.15, 0.2) is 5.78 Å². The fourth-order valence-corrected chi connectivity index (χ4v) is 4.88. The number of Topliss-reactive ketones (excluding diaryl/α,β-unsaturated/α-hetero) is 2. The van der Waals surface area contributed by atoms with Crippen LogP contribution in [0.25, 0.3) is 10.9 Å². The third-order valence-electron chi connectivity index (χ3n) is 7.01. The van der Waals surface area contributed by atoms with E-state index in [0.29, 0.717) is 36.3 Å². The number of aromatic nitrogens is 1. The van der Waals surface area contributed by atoms with Crippen LogP contribution < -0.4 is 10.1 Å². The summed E-state index contributed by atoms with van der Waals surface area (Å²) in [6, 6.07) is 5.68. The Morgan fingerprint density at radius 2 is 2.06 bits per heavy atom. The second kappa shape index (κ2) is 10.4. The summed E-state index contributed by atoms with van der Waals surface area (Å²) in [5.41, 5.74) is 0.407. The lowest BCUT2D eigenvalue weighted by Gasteiger charge is -2.24. The molecule has 3 atom stereocenters. The minimum atomic E-state index is -0.761. The fourth-order valence-electron chi connectivity index (χ4n) is 4.88. The van der Waals surface area contributed by atoms with E-state index in [4.69, 9.17) is 4.74 Å². The number of carbonyl (C=O) groups is 3. The van der Waals surface area contributed by atoms with Gasteiger partial charge in [-0.1, -0.05) is 19.3 Å². The molecule has 1 amide bonds. The summed E-state index contributed by atoms with van der Waals surface area (Å²) in [5, 5.41) is 12.8. The van der Waals surface area contributed by atoms with Crippen LogP contribution in [0.5, 0.6) is 5.75 Å². The lowest BCUT2D eigenvalue weighted by molar-refractivity contribution is -0.127. The monoisotopic (exact) mass is 467 g/mol. The first-order valence-corrected chi connectivity index (χ1v) is 12.0. The quantitative estimate of drug-likeness (QED) is 0.501. The van der Waals surface area contributed by atoms with Gasteiger partial charge in [-0.3, -0.25) is 14.4 Å². The third kappa shape index (κ3) is 5.46. The van der Waals surface area contributed by atoms with Gasteiger partial charge in [-0.2, -0.15) is 5.26 Å². The molecule has 2 aliphatic carbocycles. The van der Waals surface area contributed by atoms with Crippen LogP contribution in [0.4, 0.5) is 4.39 Å². The zero-order valence-corrected chi connectivity index (χ0v) is 19.4. The molecule has 8 heteroatoms. The van der Waals surface area contributed by atoms with Gasteiger partial charge in [0, 0.05) is 30.1 Å². The van der Waals surface area contributed by atoms with E-state index in [1.165, 1.54) is 19.2 Å². The standard InChI is InChI=1S/C26H30FN3O4/c1-34-24-9-8-20(27)25-19(24)13-21(30-25)23(32)12-17(10-15-6-7-15)26(33)29-18(14-28)11-16-4-2-3-5-22(16)31/h8-9,13,15-18,30H,2-7,10-12H2,1H3,(H,29,33)/t16-,17+,18-/m0/s1. The molecule has 2 fully saturated rings. The van der Waals surface area contributed by atoms with Crippen LogP contribution in [-0.2, 0) is 9.59 Å². The maximum absolute atomic E-state index is 14.2. The van der Waals surface area contributed by atoms with E-state index in [1.54, 1.807) is 6.07 Å². The van der Waals surface area contributed by atoms with Gasteiger partial charge in [-0.15, -0.1) is 0 Å². The number of methoxy groups -OCH3 is 1. The second-order valence-corrected chi connectivity index (χ2v) is 9.56. The number of halogens is 1. The Kier molecular flexibility index (Phi) is 7.30. The highest BCUT2D eigenvalue weighted by atomic mass is 19.1. The van der Waals surface area contributed by atoms with Gasteiger partial charge < -0.3 is 15.0 Å². The summed E-state index contributed by atoms with van der Waals surface area (Å²) in [7, 11) is 1.48. The number of benzene rings is 1. The van der Waals surface area contributed by atoms with Crippen molar-refractivity contribution in [3.8, 4) is 11.8 Å². The first kappa shape index (κ1) is 23.9. The number of fused-ring (bicyclic) bond motifs is 1. The number of nitrogens with zero attached hydrogens (tertiary/aromatic N) is 1. The van der Waals surface area contributed by atoms with Gasteiger partial charge in [0.05, 0.1) is 24.4 Å². The van der Waals surface area contributed by atoms with Crippen LogP contribution in [0.3, 0.4) is 0 Å². The minimum absolute atomic E-state index is 0.0421. The van der Waals surface area contributed by atoms with Crippen LogP contribution in [0.2, 0.25) is 0 Å². The molecule has 0 radical (unpaired) electrons. The Labute approximate surface area is 198 Å². The van der Waals surface area contributed by atoms with E-state index in [1.807, 2.05) is 0 Å². The Hall–Kier alpha value is -3.21. The maximum Gasteiger partial charge on any atom is 0.224 e. The molecule has 0 aliphatic heterocycles. The van der Waals surface area contributed by atoms with Crippen LogP contribution in [0.15, 0.2) is 18.2 Å². The van der Waals surface area contributed by atoms with Crippen LogP contribution in [0, 0.1) is 34.9 Å². The summed E-state index contributed by atoms with van der Waals surface area (Å²) >= 11 is 0. The molecule has 2 aliphatic rings. The average molecular weight is 468 g/mol. The Morgan fingerprint density at radius 3 is 2.74 bits per heavy atom. The summed E-state index contributed by atoms with van der Waals surface area (Å²) in [4.78, 5) is 41.2. The molecule has 2 saturated carbocycles. The highest BCUT2D eigenvalue weighted by Gasteiger charge is 2.33. The number of hydrogen-bond donors (Lipinski definition) is 2. The van der Waals surface area contributed by atoms with E-state index in [2.05, 4.69) is 16.4 Å². The lowest BCUT2D eigenvalue weighted by Crippen LogP contribution is -2.41. The number of ether oxygens (including phenoxy) is 1. The van der Waals surface area contributed by atoms with Gasteiger partial charge in [0.25, 0.3) is 0 Å². The summed E-state index contributed by atoms with van der Waals surface area (Å²) in [6.45, 7) is 0. The Morgan fingerprint density at radius 1 is 1.26 bits per heavy atom. The SMILES string of the molecule is COc1ccc(F)c2[nH]c(C(=O)C[C@@H](CC3CC3)C(=O)N[C@H](C#N)C[C@@H]3CCCCC3=O)cc12. The zero-order valence-electron chi connectivity index (χ0n) is 19.4. The molecule has 1 aromatic heterocycles. The first-order valence-electron chi connectivity index (χ1n) is 12.0. The van der Waals surface area contributed by atoms with E-state index >= 15 is 0 Å². The van der Waals surface area contributed by atoms with Crippen molar-refractivity contribution in [2.24, 2.45) is 17.8 Å². The van der Waals surface area contributed by atoms with E-state index in [0.717, 1.165) is 32.1 Å². The predicted molar refractivity (Wildman–Crippen MR) is 124 cm³/mol. The molecule has 2 N–H and O–H groups in total. The number of nitrogens with one attached hydrogen (secondary N) is 2. The molecule has 2 aromatic rings. The van der Waals surface area contributed by atoms with Crippen molar-refractivity contribution >= 4 is 28.4 Å². The van der Waals surface area contributed by atoms with Gasteiger partial charge in [0.2, 0.25) is 5.91 Å². The topological polar surface area (TPSA) is 112 Å². The molecule has 0 unspecified atom stereocenters. The van der Waals surface area contributed by atoms with Crippen molar-refractivity contribution in [1.29, 1.82) is 5.26 Å². The number of carbonyl (C=O) groups excluding carboxylic acids is 3. The number of ketones is 2. The van der Waals surface area contributed by atoms with Gasteiger partial charge >= 0.3 is 0 Å². The fraction of sp³-hybridized carbons (Fsp3) is 0.538. The Balaban J connectivity index is 1.46. The molecule has 0 spiro atoms. The smallest absolute Gasteiger partial charge is 0.224 e. The molecule has 4 rings (SSSR count). The van der Waals surface area contributed by atoms with E-state index < -0.39 is 17.8 Å².